The van der Waals surface area contributed by atoms with Crippen LogP contribution < -0.4 is 10.5 Å². The largest absolute Gasteiger partial charge is 0.293 e. The second kappa shape index (κ2) is 8.96. The Bertz CT molecular complexity index is 1570. The van der Waals surface area contributed by atoms with Crippen LogP contribution in [0.4, 0.5) is 10.8 Å². The summed E-state index contributed by atoms with van der Waals surface area (Å²) in [6, 6.07) is 15.6. The molecule has 3 aromatic heterocycles. The van der Waals surface area contributed by atoms with Crippen LogP contribution in [0.25, 0.3) is 21.3 Å². The van der Waals surface area contributed by atoms with Gasteiger partial charge in [-0.25, -0.2) is 9.97 Å². The standard InChI is InChI=1S/C26H22N4O2S2/c1-16-9-10-19(11-17(16)2)22-14-33-24-23(22)25(32)29(15-27-24)12-20-13-34-26(28-20)30(18(3)31)21-7-5-4-6-8-21/h4-11,13-15H,12H2,1-3H3. The third-order valence-electron chi connectivity index (χ3n) is 5.77. The van der Waals surface area contributed by atoms with E-state index in [-0.39, 0.29) is 18.0 Å². The van der Waals surface area contributed by atoms with Crippen molar-refractivity contribution < 1.29 is 4.79 Å². The predicted molar refractivity (Wildman–Crippen MR) is 139 cm³/mol. The number of aryl methyl sites for hydroxylation is 2. The number of thiophene rings is 1. The van der Waals surface area contributed by atoms with E-state index in [0.29, 0.717) is 16.2 Å². The molecule has 2 aromatic carbocycles. The van der Waals surface area contributed by atoms with Gasteiger partial charge in [0.15, 0.2) is 5.13 Å². The number of carbonyl (C=O) groups excluding carboxylic acids is 1. The first-order valence-corrected chi connectivity index (χ1v) is 12.5. The third kappa shape index (κ3) is 4.06. The number of carbonyl (C=O) groups is 1. The quantitative estimate of drug-likeness (QED) is 0.309. The lowest BCUT2D eigenvalue weighted by Crippen LogP contribution is -2.23. The molecule has 5 rings (SSSR count). The molecule has 0 aliphatic heterocycles. The van der Waals surface area contributed by atoms with Crippen LogP contribution in [0.15, 0.2) is 70.4 Å². The Hall–Kier alpha value is -3.62. The van der Waals surface area contributed by atoms with Crippen molar-refractivity contribution in [1.29, 1.82) is 0 Å². The number of benzene rings is 2. The molecule has 0 radical (unpaired) electrons. The van der Waals surface area contributed by atoms with Crippen LogP contribution in [0.1, 0.15) is 23.7 Å². The maximum absolute atomic E-state index is 13.5. The molecule has 3 heterocycles. The van der Waals surface area contributed by atoms with Crippen molar-refractivity contribution >= 4 is 49.6 Å². The number of amides is 1. The molecule has 0 fully saturated rings. The fourth-order valence-electron chi connectivity index (χ4n) is 3.85. The fourth-order valence-corrected chi connectivity index (χ4v) is 5.64. The van der Waals surface area contributed by atoms with E-state index >= 15 is 0 Å². The number of hydrogen-bond donors (Lipinski definition) is 0. The van der Waals surface area contributed by atoms with Gasteiger partial charge in [0.05, 0.1) is 29.6 Å². The van der Waals surface area contributed by atoms with Crippen LogP contribution in [-0.2, 0) is 11.3 Å². The van der Waals surface area contributed by atoms with Crippen molar-refractivity contribution in [1.82, 2.24) is 14.5 Å². The van der Waals surface area contributed by atoms with Crippen LogP contribution in [0.3, 0.4) is 0 Å². The number of thiazole rings is 1. The zero-order valence-corrected chi connectivity index (χ0v) is 20.6. The summed E-state index contributed by atoms with van der Waals surface area (Å²) in [5.41, 5.74) is 5.68. The maximum atomic E-state index is 13.5. The molecule has 0 spiro atoms. The highest BCUT2D eigenvalue weighted by atomic mass is 32.1. The van der Waals surface area contributed by atoms with Crippen molar-refractivity contribution in [2.45, 2.75) is 27.3 Å². The van der Waals surface area contributed by atoms with E-state index in [4.69, 9.17) is 0 Å². The lowest BCUT2D eigenvalue weighted by molar-refractivity contribution is -0.115. The zero-order chi connectivity index (χ0) is 23.8. The van der Waals surface area contributed by atoms with E-state index in [2.05, 4.69) is 35.9 Å². The SMILES string of the molecule is CC(=O)N(c1ccccc1)c1nc(Cn2cnc3scc(-c4ccc(C)c(C)c4)c3c2=O)cs1. The highest BCUT2D eigenvalue weighted by molar-refractivity contribution is 7.17. The van der Waals surface area contributed by atoms with E-state index in [1.807, 2.05) is 47.2 Å². The van der Waals surface area contributed by atoms with Gasteiger partial charge in [-0.2, -0.15) is 0 Å². The van der Waals surface area contributed by atoms with Gasteiger partial charge in [0.25, 0.3) is 5.56 Å². The molecule has 6 nitrogen and oxygen atoms in total. The molecule has 0 unspecified atom stereocenters. The highest BCUT2D eigenvalue weighted by Crippen LogP contribution is 2.32. The molecule has 5 aromatic rings. The fraction of sp³-hybridized carbons (Fsp3) is 0.154. The molecule has 0 saturated carbocycles. The van der Waals surface area contributed by atoms with Gasteiger partial charge in [0, 0.05) is 23.2 Å². The van der Waals surface area contributed by atoms with Gasteiger partial charge in [-0.3, -0.25) is 19.1 Å². The van der Waals surface area contributed by atoms with E-state index in [0.717, 1.165) is 21.6 Å². The van der Waals surface area contributed by atoms with Gasteiger partial charge in [-0.1, -0.05) is 36.4 Å². The smallest absolute Gasteiger partial charge is 0.263 e. The monoisotopic (exact) mass is 486 g/mol. The van der Waals surface area contributed by atoms with Crippen molar-refractivity contribution in [3.8, 4) is 11.1 Å². The van der Waals surface area contributed by atoms with Crippen molar-refractivity contribution in [3.63, 3.8) is 0 Å². The number of anilines is 2. The molecular weight excluding hydrogens is 464 g/mol. The molecule has 0 bridgehead atoms. The lowest BCUT2D eigenvalue weighted by atomic mass is 10.0. The first-order chi connectivity index (χ1) is 16.4. The van der Waals surface area contributed by atoms with Gasteiger partial charge >= 0.3 is 0 Å². The molecular formula is C26H22N4O2S2. The van der Waals surface area contributed by atoms with Crippen LogP contribution >= 0.6 is 22.7 Å². The van der Waals surface area contributed by atoms with Crippen molar-refractivity contribution in [2.24, 2.45) is 0 Å². The minimum absolute atomic E-state index is 0.0967. The summed E-state index contributed by atoms with van der Waals surface area (Å²) in [6.45, 7) is 5.94. The molecule has 0 aliphatic carbocycles. The minimum atomic E-state index is -0.122. The molecule has 0 saturated heterocycles. The van der Waals surface area contributed by atoms with Gasteiger partial charge in [0.1, 0.15) is 4.83 Å². The van der Waals surface area contributed by atoms with E-state index in [9.17, 15) is 9.59 Å². The lowest BCUT2D eigenvalue weighted by Gasteiger charge is -2.17. The van der Waals surface area contributed by atoms with Crippen LogP contribution in [0.5, 0.6) is 0 Å². The first-order valence-electron chi connectivity index (χ1n) is 10.8. The Morgan fingerprint density at radius 3 is 2.56 bits per heavy atom. The maximum Gasteiger partial charge on any atom is 0.263 e. The molecule has 0 aliphatic rings. The van der Waals surface area contributed by atoms with Gasteiger partial charge in [-0.05, 0) is 42.7 Å². The molecule has 170 valence electrons. The minimum Gasteiger partial charge on any atom is -0.293 e. The summed E-state index contributed by atoms with van der Waals surface area (Å²) in [7, 11) is 0. The van der Waals surface area contributed by atoms with Crippen LogP contribution in [0.2, 0.25) is 0 Å². The summed E-state index contributed by atoms with van der Waals surface area (Å²) in [6.07, 6.45) is 1.57. The Labute approximate surface area is 204 Å². The zero-order valence-electron chi connectivity index (χ0n) is 19.0. The summed E-state index contributed by atoms with van der Waals surface area (Å²) < 4.78 is 1.58. The predicted octanol–water partition coefficient (Wildman–Crippen LogP) is 5.93. The number of rotatable bonds is 5. The summed E-state index contributed by atoms with van der Waals surface area (Å²) >= 11 is 2.85. The number of hydrogen-bond acceptors (Lipinski definition) is 6. The number of aromatic nitrogens is 3. The Morgan fingerprint density at radius 1 is 1.03 bits per heavy atom. The Kier molecular flexibility index (Phi) is 5.85. The highest BCUT2D eigenvalue weighted by Gasteiger charge is 2.19. The first kappa shape index (κ1) is 22.2. The average Bonchev–Trinajstić information content (AvgIpc) is 3.46. The molecule has 1 amide bonds. The van der Waals surface area contributed by atoms with Gasteiger partial charge < -0.3 is 0 Å². The van der Waals surface area contributed by atoms with Crippen molar-refractivity contribution in [3.05, 3.63) is 92.8 Å². The number of fused-ring (bicyclic) bond motifs is 1. The molecule has 34 heavy (non-hydrogen) atoms. The van der Waals surface area contributed by atoms with E-state index < -0.39 is 0 Å². The second-order valence-corrected chi connectivity index (χ2v) is 9.81. The summed E-state index contributed by atoms with van der Waals surface area (Å²) in [5.74, 6) is -0.122. The van der Waals surface area contributed by atoms with E-state index in [1.165, 1.54) is 40.7 Å². The normalized spacial score (nSPS) is 11.1. The third-order valence-corrected chi connectivity index (χ3v) is 7.53. The summed E-state index contributed by atoms with van der Waals surface area (Å²) in [5, 5.41) is 5.07. The van der Waals surface area contributed by atoms with Gasteiger partial charge in [0.2, 0.25) is 5.91 Å². The number of para-hydroxylation sites is 1. The average molecular weight is 487 g/mol. The van der Waals surface area contributed by atoms with Crippen LogP contribution in [-0.4, -0.2) is 20.4 Å². The van der Waals surface area contributed by atoms with Crippen molar-refractivity contribution in [2.75, 3.05) is 4.90 Å². The molecule has 8 heteroatoms. The Morgan fingerprint density at radius 2 is 1.82 bits per heavy atom. The van der Waals surface area contributed by atoms with Crippen LogP contribution in [0, 0.1) is 13.8 Å². The molecule has 0 atom stereocenters. The molecule has 0 N–H and O–H groups in total. The van der Waals surface area contributed by atoms with Gasteiger partial charge in [-0.15, -0.1) is 22.7 Å². The van der Waals surface area contributed by atoms with E-state index in [1.54, 1.807) is 15.8 Å². The number of nitrogens with zero attached hydrogens (tertiary/aromatic N) is 4. The Balaban J connectivity index is 1.50. The summed E-state index contributed by atoms with van der Waals surface area (Å²) in [4.78, 5) is 37.3. The second-order valence-electron chi connectivity index (χ2n) is 8.12. The topological polar surface area (TPSA) is 68.1 Å².